The third-order valence-electron chi connectivity index (χ3n) is 6.52. The highest BCUT2D eigenvalue weighted by Crippen LogP contribution is 2.42. The zero-order valence-corrected chi connectivity index (χ0v) is 18.0. The van der Waals surface area contributed by atoms with Gasteiger partial charge in [0.05, 0.1) is 16.3 Å². The number of nitrogens with zero attached hydrogens (tertiary/aromatic N) is 4. The largest absolute Gasteiger partial charge is 0.457 e. The molecule has 8 heteroatoms. The third kappa shape index (κ3) is 3.09. The number of fused-ring (bicyclic) bond motifs is 3. The summed E-state index contributed by atoms with van der Waals surface area (Å²) < 4.78 is 22.4. The number of hydrogen-bond donors (Lipinski definition) is 0. The molecule has 2 aromatic heterocycles. The van der Waals surface area contributed by atoms with Gasteiger partial charge < -0.3 is 4.74 Å². The summed E-state index contributed by atoms with van der Waals surface area (Å²) >= 11 is 0. The van der Waals surface area contributed by atoms with E-state index in [2.05, 4.69) is 10.2 Å². The Morgan fingerprint density at radius 1 is 1.12 bits per heavy atom. The van der Waals surface area contributed by atoms with E-state index in [0.717, 1.165) is 24.0 Å². The molecule has 1 saturated carbocycles. The third-order valence-corrected chi connectivity index (χ3v) is 6.52. The maximum atomic E-state index is 13.4. The van der Waals surface area contributed by atoms with Crippen molar-refractivity contribution in [2.45, 2.75) is 44.6 Å². The Labute approximate surface area is 183 Å². The van der Waals surface area contributed by atoms with Crippen molar-refractivity contribution >= 4 is 22.6 Å². The van der Waals surface area contributed by atoms with Gasteiger partial charge in [-0.1, -0.05) is 36.6 Å². The van der Waals surface area contributed by atoms with Gasteiger partial charge in [0, 0.05) is 7.05 Å². The highest BCUT2D eigenvalue weighted by Gasteiger charge is 2.44. The molecule has 0 N–H and O–H groups in total. The zero-order chi connectivity index (χ0) is 22.5. The summed E-state index contributed by atoms with van der Waals surface area (Å²) in [4.78, 5) is 26.0. The second-order valence-electron chi connectivity index (χ2n) is 8.51. The van der Waals surface area contributed by atoms with Crippen molar-refractivity contribution in [1.29, 1.82) is 0 Å². The molecule has 0 amide bonds. The van der Waals surface area contributed by atoms with Gasteiger partial charge in [-0.25, -0.2) is 4.39 Å². The number of benzene rings is 2. The SMILES string of the molecule is Cc1ccc2c(c1)c(=O)n(C)c1nnc(COC(=O)C3(c4ccc(F)cc4)CCCC3)n21. The van der Waals surface area contributed by atoms with E-state index in [4.69, 9.17) is 4.74 Å². The lowest BCUT2D eigenvalue weighted by Crippen LogP contribution is -2.34. The number of carbonyl (C=O) groups excluding carboxylic acids is 1. The molecule has 32 heavy (non-hydrogen) atoms. The van der Waals surface area contributed by atoms with Gasteiger partial charge in [-0.2, -0.15) is 0 Å². The van der Waals surface area contributed by atoms with Crippen LogP contribution in [0.2, 0.25) is 0 Å². The van der Waals surface area contributed by atoms with E-state index in [9.17, 15) is 14.0 Å². The number of rotatable bonds is 4. The highest BCUT2D eigenvalue weighted by atomic mass is 19.1. The van der Waals surface area contributed by atoms with Gasteiger partial charge in [0.1, 0.15) is 5.82 Å². The molecule has 0 spiro atoms. The van der Waals surface area contributed by atoms with E-state index >= 15 is 0 Å². The van der Waals surface area contributed by atoms with Crippen molar-refractivity contribution in [1.82, 2.24) is 19.2 Å². The number of aryl methyl sites for hydroxylation is 2. The molecule has 164 valence electrons. The Kier molecular flexibility index (Phi) is 4.80. The molecule has 1 aliphatic rings. The van der Waals surface area contributed by atoms with Gasteiger partial charge >= 0.3 is 5.97 Å². The van der Waals surface area contributed by atoms with E-state index < -0.39 is 5.41 Å². The van der Waals surface area contributed by atoms with Crippen LogP contribution in [0.4, 0.5) is 4.39 Å². The van der Waals surface area contributed by atoms with E-state index in [-0.39, 0.29) is 24.0 Å². The molecular formula is C24H23FN4O3. The van der Waals surface area contributed by atoms with Crippen LogP contribution in [0.15, 0.2) is 47.3 Å². The molecule has 1 fully saturated rings. The molecule has 0 unspecified atom stereocenters. The van der Waals surface area contributed by atoms with Crippen molar-refractivity contribution in [3.63, 3.8) is 0 Å². The first-order valence-electron chi connectivity index (χ1n) is 10.7. The van der Waals surface area contributed by atoms with Crippen LogP contribution in [0.1, 0.15) is 42.6 Å². The van der Waals surface area contributed by atoms with Crippen molar-refractivity contribution in [2.24, 2.45) is 7.05 Å². The number of esters is 1. The summed E-state index contributed by atoms with van der Waals surface area (Å²) in [5, 5.41) is 8.90. The van der Waals surface area contributed by atoms with Crippen LogP contribution in [-0.4, -0.2) is 25.1 Å². The molecule has 1 aliphatic carbocycles. The van der Waals surface area contributed by atoms with Crippen molar-refractivity contribution in [3.8, 4) is 0 Å². The number of aromatic nitrogens is 4. The molecule has 7 nitrogen and oxygen atoms in total. The first-order valence-corrected chi connectivity index (χ1v) is 10.7. The fourth-order valence-electron chi connectivity index (χ4n) is 4.78. The molecule has 4 aromatic rings. The first-order chi connectivity index (χ1) is 15.4. The van der Waals surface area contributed by atoms with Gasteiger partial charge in [0.2, 0.25) is 5.78 Å². The van der Waals surface area contributed by atoms with E-state index in [1.165, 1.54) is 16.7 Å². The Bertz CT molecular complexity index is 1400. The summed E-state index contributed by atoms with van der Waals surface area (Å²) in [5.74, 6) is 0.137. The Morgan fingerprint density at radius 2 is 1.84 bits per heavy atom. The maximum Gasteiger partial charge on any atom is 0.317 e. The molecule has 2 heterocycles. The predicted molar refractivity (Wildman–Crippen MR) is 117 cm³/mol. The minimum atomic E-state index is -0.778. The zero-order valence-electron chi connectivity index (χ0n) is 18.0. The molecule has 2 aromatic carbocycles. The predicted octanol–water partition coefficient (Wildman–Crippen LogP) is 3.58. The van der Waals surface area contributed by atoms with Gasteiger partial charge in [-0.3, -0.25) is 18.6 Å². The molecule has 5 rings (SSSR count). The average molecular weight is 434 g/mol. The molecule has 0 bridgehead atoms. The van der Waals surface area contributed by atoms with Crippen LogP contribution >= 0.6 is 0 Å². The minimum absolute atomic E-state index is 0.0792. The van der Waals surface area contributed by atoms with Crippen molar-refractivity contribution in [2.75, 3.05) is 0 Å². The van der Waals surface area contributed by atoms with Gasteiger partial charge in [0.15, 0.2) is 12.4 Å². The second kappa shape index (κ2) is 7.55. The quantitative estimate of drug-likeness (QED) is 0.459. The van der Waals surface area contributed by atoms with Crippen LogP contribution in [0.25, 0.3) is 16.7 Å². The van der Waals surface area contributed by atoms with Gasteiger partial charge in [-0.15, -0.1) is 10.2 Å². The number of carbonyl (C=O) groups is 1. The van der Waals surface area contributed by atoms with Crippen molar-refractivity contribution in [3.05, 3.63) is 75.6 Å². The Morgan fingerprint density at radius 3 is 2.56 bits per heavy atom. The standard InChI is InChI=1S/C24H23FN4O3/c1-15-5-10-19-18(13-15)21(30)28(2)23-27-26-20(29(19)23)14-32-22(31)24(11-3-4-12-24)16-6-8-17(25)9-7-16/h5-10,13H,3-4,11-12,14H2,1-2H3. The normalized spacial score (nSPS) is 15.5. The lowest BCUT2D eigenvalue weighted by atomic mass is 9.79. The summed E-state index contributed by atoms with van der Waals surface area (Å²) in [5.41, 5.74) is 1.47. The molecule has 0 radical (unpaired) electrons. The highest BCUT2D eigenvalue weighted by molar-refractivity contribution is 5.84. The molecule has 0 atom stereocenters. The topological polar surface area (TPSA) is 78.5 Å². The van der Waals surface area contributed by atoms with Crippen LogP contribution in [0.5, 0.6) is 0 Å². The number of halogens is 1. The number of ether oxygens (including phenoxy) is 1. The summed E-state index contributed by atoms with van der Waals surface area (Å²) in [6.07, 6.45) is 3.14. The van der Waals surface area contributed by atoms with Crippen molar-refractivity contribution < 1.29 is 13.9 Å². The van der Waals surface area contributed by atoms with Crippen LogP contribution in [-0.2, 0) is 28.6 Å². The fraction of sp³-hybridized carbons (Fsp3) is 0.333. The van der Waals surface area contributed by atoms with Gasteiger partial charge in [0.25, 0.3) is 5.56 Å². The first kappa shape index (κ1) is 20.4. The van der Waals surface area contributed by atoms with E-state index in [0.29, 0.717) is 35.3 Å². The lowest BCUT2D eigenvalue weighted by Gasteiger charge is -2.27. The fourth-order valence-corrected chi connectivity index (χ4v) is 4.78. The summed E-state index contributed by atoms with van der Waals surface area (Å²) in [6, 6.07) is 11.7. The Balaban J connectivity index is 1.51. The monoisotopic (exact) mass is 434 g/mol. The molecule has 0 saturated heterocycles. The average Bonchev–Trinajstić information content (AvgIpc) is 3.45. The second-order valence-corrected chi connectivity index (χ2v) is 8.51. The molecule has 0 aliphatic heterocycles. The van der Waals surface area contributed by atoms with Crippen LogP contribution in [0, 0.1) is 12.7 Å². The summed E-state index contributed by atoms with van der Waals surface area (Å²) in [6.45, 7) is 1.85. The lowest BCUT2D eigenvalue weighted by molar-refractivity contribution is -0.152. The van der Waals surface area contributed by atoms with E-state index in [1.54, 1.807) is 23.6 Å². The van der Waals surface area contributed by atoms with Crippen LogP contribution < -0.4 is 5.56 Å². The minimum Gasteiger partial charge on any atom is -0.457 e. The maximum absolute atomic E-state index is 13.4. The molecular weight excluding hydrogens is 411 g/mol. The van der Waals surface area contributed by atoms with Crippen LogP contribution in [0.3, 0.4) is 0 Å². The Hall–Kier alpha value is -3.55. The summed E-state index contributed by atoms with van der Waals surface area (Å²) in [7, 11) is 1.64. The number of hydrogen-bond acceptors (Lipinski definition) is 5. The van der Waals surface area contributed by atoms with E-state index in [1.807, 2.05) is 25.1 Å². The van der Waals surface area contributed by atoms with Gasteiger partial charge in [-0.05, 0) is 49.6 Å². The smallest absolute Gasteiger partial charge is 0.317 e.